The van der Waals surface area contributed by atoms with Gasteiger partial charge in [-0.2, -0.15) is 4.98 Å². The molecule has 0 spiro atoms. The minimum Gasteiger partial charge on any atom is -0.473 e. The van der Waals surface area contributed by atoms with Crippen molar-refractivity contribution >= 4 is 31.8 Å². The zero-order valence-corrected chi connectivity index (χ0v) is 26.9. The van der Waals surface area contributed by atoms with Crippen LogP contribution in [0.3, 0.4) is 0 Å². The van der Waals surface area contributed by atoms with E-state index in [0.29, 0.717) is 11.1 Å². The Hall–Kier alpha value is -4.49. The smallest absolute Gasteiger partial charge is 0.316 e. The highest BCUT2D eigenvalue weighted by Crippen LogP contribution is 2.37. The predicted molar refractivity (Wildman–Crippen MR) is 170 cm³/mol. The molecule has 44 heavy (non-hydrogen) atoms. The van der Waals surface area contributed by atoms with Gasteiger partial charge in [0.1, 0.15) is 13.2 Å². The molecule has 11 nitrogen and oxygen atoms in total. The maximum Gasteiger partial charge on any atom is 0.316 e. The summed E-state index contributed by atoms with van der Waals surface area (Å²) in [5, 5.41) is 0. The first kappa shape index (κ1) is 31.0. The van der Waals surface area contributed by atoms with Crippen LogP contribution in [-0.2, 0) is 15.4 Å². The highest BCUT2D eigenvalue weighted by molar-refractivity contribution is 9.10. The number of nitrogens with one attached hydrogen (secondary N) is 1. The van der Waals surface area contributed by atoms with Crippen LogP contribution in [-0.4, -0.2) is 51.5 Å². The Balaban J connectivity index is 1.55. The quantitative estimate of drug-likeness (QED) is 0.175. The van der Waals surface area contributed by atoms with E-state index in [9.17, 15) is 8.42 Å². The number of aryl methyl sites for hydroxylation is 1. The molecule has 0 aliphatic heterocycles. The fourth-order valence-electron chi connectivity index (χ4n) is 4.08. The van der Waals surface area contributed by atoms with Crippen molar-refractivity contribution < 1.29 is 17.9 Å². The van der Waals surface area contributed by atoms with Crippen LogP contribution in [0.15, 0.2) is 88.8 Å². The standard InChI is InChI=1S/C31H30BrN7O4S/c1-20-6-8-21(9-7-20)25-26(39-44(40,41)24-12-10-22(11-13-24)31(2,3)4)37-28(27-33-14-5-15-34-27)38-29(25)42-16-17-43-30-35-18-23(32)19-36-30/h5-15,18-19H,16-17H2,1-4H3,(H,37,38,39). The number of benzene rings is 2. The Morgan fingerprint density at radius 3 is 2.09 bits per heavy atom. The minimum absolute atomic E-state index is 0.0124. The summed E-state index contributed by atoms with van der Waals surface area (Å²) in [6.45, 7) is 8.29. The summed E-state index contributed by atoms with van der Waals surface area (Å²) in [5.74, 6) is 0.405. The highest BCUT2D eigenvalue weighted by Gasteiger charge is 2.25. The van der Waals surface area contributed by atoms with E-state index < -0.39 is 10.0 Å². The van der Waals surface area contributed by atoms with Crippen LogP contribution in [0.1, 0.15) is 31.9 Å². The second kappa shape index (κ2) is 13.0. The van der Waals surface area contributed by atoms with E-state index in [1.165, 1.54) is 0 Å². The van der Waals surface area contributed by atoms with Crippen molar-refractivity contribution in [2.45, 2.75) is 38.0 Å². The van der Waals surface area contributed by atoms with Crippen LogP contribution in [0, 0.1) is 6.92 Å². The van der Waals surface area contributed by atoms with Gasteiger partial charge in [-0.25, -0.2) is 33.3 Å². The number of ether oxygens (including phenoxy) is 2. The van der Waals surface area contributed by atoms with Gasteiger partial charge in [-0.15, -0.1) is 0 Å². The average molecular weight is 677 g/mol. The molecular weight excluding hydrogens is 646 g/mol. The van der Waals surface area contributed by atoms with Gasteiger partial charge in [0.25, 0.3) is 10.0 Å². The molecule has 0 unspecified atom stereocenters. The lowest BCUT2D eigenvalue weighted by Gasteiger charge is -2.20. The Labute approximate surface area is 264 Å². The van der Waals surface area contributed by atoms with Crippen molar-refractivity contribution in [3.8, 4) is 34.7 Å². The summed E-state index contributed by atoms with van der Waals surface area (Å²) in [4.78, 5) is 26.0. The number of hydrogen-bond donors (Lipinski definition) is 1. The zero-order valence-electron chi connectivity index (χ0n) is 24.5. The molecule has 0 radical (unpaired) electrons. The SMILES string of the molecule is Cc1ccc(-c2c(NS(=O)(=O)c3ccc(C(C)(C)C)cc3)nc(-c3ncccn3)nc2OCCOc2ncc(Br)cn2)cc1. The van der Waals surface area contributed by atoms with E-state index >= 15 is 0 Å². The van der Waals surface area contributed by atoms with E-state index in [4.69, 9.17) is 9.47 Å². The summed E-state index contributed by atoms with van der Waals surface area (Å²) >= 11 is 3.29. The van der Waals surface area contributed by atoms with Gasteiger partial charge in [0.05, 0.1) is 14.9 Å². The van der Waals surface area contributed by atoms with Gasteiger partial charge in [0, 0.05) is 24.8 Å². The normalized spacial score (nSPS) is 11.7. The molecular formula is C31H30BrN7O4S. The van der Waals surface area contributed by atoms with Gasteiger partial charge in [0.15, 0.2) is 11.6 Å². The third-order valence-corrected chi connectivity index (χ3v) is 8.16. The Morgan fingerprint density at radius 2 is 1.45 bits per heavy atom. The van der Waals surface area contributed by atoms with Gasteiger partial charge >= 0.3 is 6.01 Å². The van der Waals surface area contributed by atoms with Crippen LogP contribution in [0.25, 0.3) is 22.8 Å². The summed E-state index contributed by atoms with van der Waals surface area (Å²) in [6.07, 6.45) is 6.24. The molecule has 226 valence electrons. The number of sulfonamides is 1. The van der Waals surface area contributed by atoms with Crippen molar-refractivity contribution in [2.24, 2.45) is 0 Å². The molecule has 0 saturated heterocycles. The maximum atomic E-state index is 13.7. The number of aromatic nitrogens is 6. The molecule has 0 atom stereocenters. The van der Waals surface area contributed by atoms with E-state index in [1.807, 2.05) is 43.3 Å². The van der Waals surface area contributed by atoms with Crippen LogP contribution in [0.2, 0.25) is 0 Å². The molecule has 0 bridgehead atoms. The van der Waals surface area contributed by atoms with Crippen molar-refractivity contribution in [2.75, 3.05) is 17.9 Å². The molecule has 5 aromatic rings. The number of hydrogen-bond acceptors (Lipinski definition) is 10. The van der Waals surface area contributed by atoms with Gasteiger partial charge in [0.2, 0.25) is 11.7 Å². The first-order valence-corrected chi connectivity index (χ1v) is 15.9. The average Bonchev–Trinajstić information content (AvgIpc) is 3.00. The van der Waals surface area contributed by atoms with E-state index in [-0.39, 0.29) is 52.9 Å². The zero-order chi connectivity index (χ0) is 31.3. The summed E-state index contributed by atoms with van der Waals surface area (Å²) < 4.78 is 42.6. The fourth-order valence-corrected chi connectivity index (χ4v) is 5.30. The van der Waals surface area contributed by atoms with Gasteiger partial charge in [-0.05, 0) is 57.6 Å². The molecule has 0 aliphatic carbocycles. The van der Waals surface area contributed by atoms with Crippen molar-refractivity contribution in [1.29, 1.82) is 0 Å². The molecule has 3 heterocycles. The molecule has 0 fully saturated rings. The molecule has 0 amide bonds. The largest absolute Gasteiger partial charge is 0.473 e. The van der Waals surface area contributed by atoms with E-state index in [0.717, 1.165) is 15.6 Å². The number of halogens is 1. The Bertz CT molecular complexity index is 1830. The summed E-state index contributed by atoms with van der Waals surface area (Å²) in [5.41, 5.74) is 2.89. The topological polar surface area (TPSA) is 142 Å². The van der Waals surface area contributed by atoms with Gasteiger partial charge in [-0.3, -0.25) is 4.72 Å². The minimum atomic E-state index is -4.08. The van der Waals surface area contributed by atoms with Gasteiger partial charge < -0.3 is 9.47 Å². The van der Waals surface area contributed by atoms with Crippen LogP contribution in [0.4, 0.5) is 5.82 Å². The molecule has 0 saturated carbocycles. The van der Waals surface area contributed by atoms with Crippen molar-refractivity contribution in [3.63, 3.8) is 0 Å². The second-order valence-electron chi connectivity index (χ2n) is 10.8. The molecule has 3 aromatic heterocycles. The van der Waals surface area contributed by atoms with Crippen LogP contribution in [0.5, 0.6) is 11.9 Å². The van der Waals surface area contributed by atoms with E-state index in [2.05, 4.69) is 71.3 Å². The molecule has 5 rings (SSSR count). The lowest BCUT2D eigenvalue weighted by Crippen LogP contribution is -2.18. The number of anilines is 1. The van der Waals surface area contributed by atoms with Crippen LogP contribution < -0.4 is 14.2 Å². The van der Waals surface area contributed by atoms with Gasteiger partial charge in [-0.1, -0.05) is 62.7 Å². The molecule has 13 heteroatoms. The third-order valence-electron chi connectivity index (χ3n) is 6.39. The Kier molecular flexibility index (Phi) is 9.16. The highest BCUT2D eigenvalue weighted by atomic mass is 79.9. The fraction of sp³-hybridized carbons (Fsp3) is 0.226. The molecule has 2 aromatic carbocycles. The van der Waals surface area contributed by atoms with Crippen LogP contribution >= 0.6 is 15.9 Å². The number of nitrogens with zero attached hydrogens (tertiary/aromatic N) is 6. The number of rotatable bonds is 10. The Morgan fingerprint density at radius 1 is 0.818 bits per heavy atom. The lowest BCUT2D eigenvalue weighted by molar-refractivity contribution is 0.202. The van der Waals surface area contributed by atoms with Crippen molar-refractivity contribution in [3.05, 3.63) is 95.0 Å². The summed E-state index contributed by atoms with van der Waals surface area (Å²) in [6, 6.07) is 16.1. The van der Waals surface area contributed by atoms with Crippen molar-refractivity contribution in [1.82, 2.24) is 29.9 Å². The molecule has 1 N–H and O–H groups in total. The molecule has 0 aliphatic rings. The second-order valence-corrected chi connectivity index (χ2v) is 13.4. The lowest BCUT2D eigenvalue weighted by atomic mass is 9.87. The maximum absolute atomic E-state index is 13.7. The predicted octanol–water partition coefficient (Wildman–Crippen LogP) is 6.02. The first-order chi connectivity index (χ1) is 21.0. The van der Waals surface area contributed by atoms with E-state index in [1.54, 1.807) is 43.0 Å². The summed E-state index contributed by atoms with van der Waals surface area (Å²) in [7, 11) is -4.08. The third kappa shape index (κ3) is 7.53. The monoisotopic (exact) mass is 675 g/mol. The first-order valence-electron chi connectivity index (χ1n) is 13.6.